The highest BCUT2D eigenvalue weighted by Crippen LogP contribution is 2.39. The summed E-state index contributed by atoms with van der Waals surface area (Å²) in [5, 5.41) is 3.64. The van der Waals surface area contributed by atoms with E-state index in [4.69, 9.17) is 14.2 Å². The summed E-state index contributed by atoms with van der Waals surface area (Å²) in [5.74, 6) is 2.06. The van der Waals surface area contributed by atoms with Crippen molar-refractivity contribution in [3.8, 4) is 17.2 Å². The van der Waals surface area contributed by atoms with Crippen LogP contribution in [0.15, 0.2) is 12.1 Å². The van der Waals surface area contributed by atoms with Gasteiger partial charge < -0.3 is 19.5 Å². The van der Waals surface area contributed by atoms with Gasteiger partial charge in [-0.05, 0) is 42.4 Å². The van der Waals surface area contributed by atoms with Crippen molar-refractivity contribution in [1.82, 2.24) is 5.32 Å². The van der Waals surface area contributed by atoms with Crippen LogP contribution in [0.25, 0.3) is 0 Å². The molecular weight excluding hydrogens is 266 g/mol. The predicted molar refractivity (Wildman–Crippen MR) is 84.4 cm³/mol. The van der Waals surface area contributed by atoms with Gasteiger partial charge in [0.1, 0.15) is 0 Å². The summed E-state index contributed by atoms with van der Waals surface area (Å²) in [6.07, 6.45) is 3.77. The van der Waals surface area contributed by atoms with Gasteiger partial charge >= 0.3 is 0 Å². The number of rotatable bonds is 6. The number of nitrogens with one attached hydrogen (secondary N) is 1. The van der Waals surface area contributed by atoms with Crippen molar-refractivity contribution in [3.05, 3.63) is 17.7 Å². The molecule has 0 aliphatic heterocycles. The van der Waals surface area contributed by atoms with E-state index in [1.54, 1.807) is 21.3 Å². The summed E-state index contributed by atoms with van der Waals surface area (Å²) >= 11 is 0. The van der Waals surface area contributed by atoms with Crippen LogP contribution >= 0.6 is 0 Å². The number of hydrogen-bond acceptors (Lipinski definition) is 4. The lowest BCUT2D eigenvalue weighted by molar-refractivity contribution is 0.323. The maximum absolute atomic E-state index is 5.39. The van der Waals surface area contributed by atoms with Crippen LogP contribution in [0, 0.1) is 5.41 Å². The van der Waals surface area contributed by atoms with Crippen LogP contribution in [-0.2, 0) is 6.54 Å². The monoisotopic (exact) mass is 293 g/mol. The first kappa shape index (κ1) is 16.0. The van der Waals surface area contributed by atoms with E-state index in [0.717, 1.165) is 12.1 Å². The maximum atomic E-state index is 5.39. The topological polar surface area (TPSA) is 39.7 Å². The fraction of sp³-hybridized carbons (Fsp3) is 0.647. The van der Waals surface area contributed by atoms with Crippen LogP contribution in [0.5, 0.6) is 17.2 Å². The highest BCUT2D eigenvalue weighted by atomic mass is 16.5. The van der Waals surface area contributed by atoms with Crippen LogP contribution in [0.4, 0.5) is 0 Å². The Hall–Kier alpha value is -1.42. The third-order valence-electron chi connectivity index (χ3n) is 4.29. The van der Waals surface area contributed by atoms with Gasteiger partial charge in [-0.25, -0.2) is 0 Å². The zero-order valence-corrected chi connectivity index (χ0v) is 13.8. The van der Waals surface area contributed by atoms with Crippen molar-refractivity contribution >= 4 is 0 Å². The molecule has 1 fully saturated rings. The van der Waals surface area contributed by atoms with E-state index in [-0.39, 0.29) is 0 Å². The van der Waals surface area contributed by atoms with Gasteiger partial charge in [-0.1, -0.05) is 13.8 Å². The molecule has 1 aliphatic rings. The Morgan fingerprint density at radius 3 is 2.14 bits per heavy atom. The van der Waals surface area contributed by atoms with Crippen molar-refractivity contribution in [3.63, 3.8) is 0 Å². The van der Waals surface area contributed by atoms with E-state index in [0.29, 0.717) is 28.7 Å². The van der Waals surface area contributed by atoms with Gasteiger partial charge in [0.2, 0.25) is 5.75 Å². The summed E-state index contributed by atoms with van der Waals surface area (Å²) in [7, 11) is 4.92. The van der Waals surface area contributed by atoms with Gasteiger partial charge in [0.15, 0.2) is 11.5 Å². The minimum atomic E-state index is 0.465. The van der Waals surface area contributed by atoms with Gasteiger partial charge in [0.25, 0.3) is 0 Å². The molecule has 0 spiro atoms. The van der Waals surface area contributed by atoms with E-state index in [2.05, 4.69) is 19.2 Å². The Bertz CT molecular complexity index is 460. The van der Waals surface area contributed by atoms with Crippen molar-refractivity contribution in [2.75, 3.05) is 21.3 Å². The van der Waals surface area contributed by atoms with Crippen molar-refractivity contribution in [1.29, 1.82) is 0 Å². The molecule has 1 aliphatic carbocycles. The van der Waals surface area contributed by atoms with Gasteiger partial charge in [0.05, 0.1) is 21.3 Å². The Kier molecular flexibility index (Phi) is 4.99. The van der Waals surface area contributed by atoms with E-state index in [1.807, 2.05) is 12.1 Å². The molecule has 21 heavy (non-hydrogen) atoms. The van der Waals surface area contributed by atoms with Crippen LogP contribution in [0.3, 0.4) is 0 Å². The Morgan fingerprint density at radius 2 is 1.71 bits per heavy atom. The van der Waals surface area contributed by atoms with E-state index in [9.17, 15) is 0 Å². The molecule has 1 N–H and O–H groups in total. The zero-order chi connectivity index (χ0) is 15.5. The van der Waals surface area contributed by atoms with Gasteiger partial charge in [0, 0.05) is 12.6 Å². The van der Waals surface area contributed by atoms with Gasteiger partial charge in [-0.2, -0.15) is 0 Å². The second-order valence-electron chi connectivity index (χ2n) is 6.52. The summed E-state index contributed by atoms with van der Waals surface area (Å²) in [6.45, 7) is 5.50. The smallest absolute Gasteiger partial charge is 0.203 e. The third-order valence-corrected chi connectivity index (χ3v) is 4.29. The second kappa shape index (κ2) is 6.56. The molecule has 0 heterocycles. The third kappa shape index (κ3) is 3.82. The molecule has 1 atom stereocenters. The summed E-state index contributed by atoms with van der Waals surface area (Å²) in [6, 6.07) is 4.61. The minimum Gasteiger partial charge on any atom is -0.493 e. The molecular formula is C17H27NO3. The molecule has 4 nitrogen and oxygen atoms in total. The highest BCUT2D eigenvalue weighted by molar-refractivity contribution is 5.53. The van der Waals surface area contributed by atoms with Crippen molar-refractivity contribution in [2.24, 2.45) is 5.41 Å². The molecule has 1 aromatic carbocycles. The van der Waals surface area contributed by atoms with Crippen LogP contribution in [-0.4, -0.2) is 27.4 Å². The lowest BCUT2D eigenvalue weighted by Gasteiger charge is -2.19. The molecule has 0 amide bonds. The van der Waals surface area contributed by atoms with Gasteiger partial charge in [-0.3, -0.25) is 0 Å². The van der Waals surface area contributed by atoms with E-state index in [1.165, 1.54) is 19.3 Å². The normalized spacial score (nSPS) is 20.3. The first-order valence-corrected chi connectivity index (χ1v) is 7.51. The molecule has 118 valence electrons. The lowest BCUT2D eigenvalue weighted by Crippen LogP contribution is -2.26. The molecule has 1 unspecified atom stereocenters. The van der Waals surface area contributed by atoms with Crippen molar-refractivity contribution < 1.29 is 14.2 Å². The quantitative estimate of drug-likeness (QED) is 0.873. The first-order chi connectivity index (χ1) is 9.99. The van der Waals surface area contributed by atoms with Crippen LogP contribution in [0.2, 0.25) is 0 Å². The maximum Gasteiger partial charge on any atom is 0.203 e. The first-order valence-electron chi connectivity index (χ1n) is 7.51. The number of hydrogen-bond donors (Lipinski definition) is 1. The standard InChI is InChI=1S/C17H27NO3/c1-17(2)7-6-13(10-17)18-11-12-8-14(19-3)16(21-5)15(9-12)20-4/h8-9,13,18H,6-7,10-11H2,1-5H3. The fourth-order valence-corrected chi connectivity index (χ4v) is 3.11. The zero-order valence-electron chi connectivity index (χ0n) is 13.8. The van der Waals surface area contributed by atoms with Crippen LogP contribution < -0.4 is 19.5 Å². The van der Waals surface area contributed by atoms with Gasteiger partial charge in [-0.15, -0.1) is 0 Å². The fourth-order valence-electron chi connectivity index (χ4n) is 3.11. The van der Waals surface area contributed by atoms with E-state index >= 15 is 0 Å². The molecule has 0 saturated heterocycles. The molecule has 1 saturated carbocycles. The molecule has 0 radical (unpaired) electrons. The van der Waals surface area contributed by atoms with Crippen LogP contribution in [0.1, 0.15) is 38.7 Å². The summed E-state index contributed by atoms with van der Waals surface area (Å²) in [5.41, 5.74) is 1.61. The Balaban J connectivity index is 2.06. The van der Waals surface area contributed by atoms with E-state index < -0.39 is 0 Å². The minimum absolute atomic E-state index is 0.465. The number of benzene rings is 1. The summed E-state index contributed by atoms with van der Waals surface area (Å²) < 4.78 is 16.1. The molecule has 4 heteroatoms. The largest absolute Gasteiger partial charge is 0.493 e. The summed E-state index contributed by atoms with van der Waals surface area (Å²) in [4.78, 5) is 0. The lowest BCUT2D eigenvalue weighted by atomic mass is 9.92. The molecule has 1 aromatic rings. The highest BCUT2D eigenvalue weighted by Gasteiger charge is 2.30. The predicted octanol–water partition coefficient (Wildman–Crippen LogP) is 3.38. The second-order valence-corrected chi connectivity index (χ2v) is 6.52. The molecule has 0 aromatic heterocycles. The number of ether oxygens (including phenoxy) is 3. The average molecular weight is 293 g/mol. The molecule has 0 bridgehead atoms. The number of methoxy groups -OCH3 is 3. The Morgan fingerprint density at radius 1 is 1.10 bits per heavy atom. The van der Waals surface area contributed by atoms with Crippen molar-refractivity contribution in [2.45, 2.75) is 45.7 Å². The Labute approximate surface area is 127 Å². The SMILES string of the molecule is COc1cc(CNC2CCC(C)(C)C2)cc(OC)c1OC. The molecule has 2 rings (SSSR count). The average Bonchev–Trinajstić information content (AvgIpc) is 2.83.